The first-order chi connectivity index (χ1) is 9.75. The van der Waals surface area contributed by atoms with E-state index in [0.29, 0.717) is 0 Å². The molecule has 112 valence electrons. The molecule has 0 aromatic heterocycles. The molecule has 1 rings (SSSR count). The van der Waals surface area contributed by atoms with E-state index in [1.807, 2.05) is 49.4 Å². The normalized spacial score (nSPS) is 11.1. The summed E-state index contributed by atoms with van der Waals surface area (Å²) in [6, 6.07) is 9.75. The van der Waals surface area contributed by atoms with Crippen molar-refractivity contribution < 1.29 is 19.8 Å². The smallest absolute Gasteiger partial charge is 0.331 e. The van der Waals surface area contributed by atoms with Crippen LogP contribution in [0.25, 0.3) is 6.08 Å². The molecule has 0 saturated carbocycles. The van der Waals surface area contributed by atoms with Crippen LogP contribution in [0.2, 0.25) is 0 Å². The molecule has 0 radical (unpaired) electrons. The van der Waals surface area contributed by atoms with Crippen LogP contribution in [-0.2, 0) is 9.59 Å². The van der Waals surface area contributed by atoms with E-state index in [4.69, 9.17) is 10.2 Å². The number of carboxylic acids is 2. The summed E-state index contributed by atoms with van der Waals surface area (Å²) in [4.78, 5) is 20.2. The molecule has 2 N–H and O–H groups in total. The summed E-state index contributed by atoms with van der Waals surface area (Å²) >= 11 is 0. The van der Waals surface area contributed by atoms with Crippen molar-refractivity contribution >= 4 is 18.0 Å². The van der Waals surface area contributed by atoms with Crippen molar-refractivity contribution in [2.75, 3.05) is 0 Å². The lowest BCUT2D eigenvalue weighted by molar-refractivity contribution is -0.133. The van der Waals surface area contributed by atoms with Gasteiger partial charge in [-0.05, 0) is 12.5 Å². The molecule has 21 heavy (non-hydrogen) atoms. The standard InChI is InChI=1S/C13H14O2.C4H6O2/c1-10(11(2)13(14)15)8-9-12-6-4-3-5-7-12;1-3(2)4(5)6/h3-10H,2H2,1H3,(H,14,15);1H2,2H3,(H,5,6). The van der Waals surface area contributed by atoms with E-state index in [9.17, 15) is 9.59 Å². The van der Waals surface area contributed by atoms with Gasteiger partial charge in [-0.25, -0.2) is 9.59 Å². The first-order valence-electron chi connectivity index (χ1n) is 6.29. The summed E-state index contributed by atoms with van der Waals surface area (Å²) in [5.74, 6) is -2.03. The Morgan fingerprint density at radius 3 is 1.95 bits per heavy atom. The Bertz CT molecular complexity index is 529. The number of rotatable bonds is 5. The predicted octanol–water partition coefficient (Wildman–Crippen LogP) is 3.62. The number of aliphatic carboxylic acids is 2. The third-order valence-electron chi connectivity index (χ3n) is 2.57. The maximum Gasteiger partial charge on any atom is 0.331 e. The highest BCUT2D eigenvalue weighted by Crippen LogP contribution is 2.12. The highest BCUT2D eigenvalue weighted by Gasteiger charge is 2.09. The Morgan fingerprint density at radius 1 is 1.10 bits per heavy atom. The SMILES string of the molecule is C=C(C(=O)O)C(C)C=Cc1ccccc1.C=C(C)C(=O)O. The van der Waals surface area contributed by atoms with Gasteiger partial charge in [0.2, 0.25) is 0 Å². The highest BCUT2D eigenvalue weighted by molar-refractivity contribution is 5.87. The molecule has 0 fully saturated rings. The van der Waals surface area contributed by atoms with Crippen LogP contribution >= 0.6 is 0 Å². The zero-order valence-corrected chi connectivity index (χ0v) is 12.2. The van der Waals surface area contributed by atoms with Crippen LogP contribution in [0.3, 0.4) is 0 Å². The second kappa shape index (κ2) is 9.31. The minimum Gasteiger partial charge on any atom is -0.478 e. The molecule has 0 aliphatic heterocycles. The largest absolute Gasteiger partial charge is 0.478 e. The lowest BCUT2D eigenvalue weighted by atomic mass is 10.0. The average Bonchev–Trinajstić information content (AvgIpc) is 2.45. The number of carboxylic acid groups (broad SMARTS) is 2. The van der Waals surface area contributed by atoms with Gasteiger partial charge in [-0.3, -0.25) is 0 Å². The molecule has 1 aromatic carbocycles. The molecule has 0 heterocycles. The molecular weight excluding hydrogens is 268 g/mol. The van der Waals surface area contributed by atoms with Crippen LogP contribution in [0, 0.1) is 5.92 Å². The van der Waals surface area contributed by atoms with Gasteiger partial charge in [0.1, 0.15) is 0 Å². The maximum atomic E-state index is 10.6. The summed E-state index contributed by atoms with van der Waals surface area (Å²) in [6.45, 7) is 9.93. The van der Waals surface area contributed by atoms with Gasteiger partial charge in [0.05, 0.1) is 0 Å². The quantitative estimate of drug-likeness (QED) is 0.811. The Kier molecular flexibility index (Phi) is 8.15. The third-order valence-corrected chi connectivity index (χ3v) is 2.57. The van der Waals surface area contributed by atoms with Gasteiger partial charge in [0, 0.05) is 17.1 Å². The van der Waals surface area contributed by atoms with E-state index in [0.717, 1.165) is 5.56 Å². The van der Waals surface area contributed by atoms with Crippen LogP contribution in [0.4, 0.5) is 0 Å². The average molecular weight is 288 g/mol. The molecule has 1 atom stereocenters. The molecule has 1 aromatic rings. The lowest BCUT2D eigenvalue weighted by Gasteiger charge is -2.04. The number of hydrogen-bond acceptors (Lipinski definition) is 2. The molecule has 0 amide bonds. The summed E-state index contributed by atoms with van der Waals surface area (Å²) in [5.41, 5.74) is 1.44. The molecule has 0 aliphatic rings. The molecule has 0 spiro atoms. The molecule has 0 saturated heterocycles. The van der Waals surface area contributed by atoms with Crippen LogP contribution in [-0.4, -0.2) is 22.2 Å². The summed E-state index contributed by atoms with van der Waals surface area (Å²) in [7, 11) is 0. The van der Waals surface area contributed by atoms with Crippen molar-refractivity contribution in [1.82, 2.24) is 0 Å². The van der Waals surface area contributed by atoms with E-state index in [1.54, 1.807) is 0 Å². The fourth-order valence-electron chi connectivity index (χ4n) is 1.13. The van der Waals surface area contributed by atoms with Gasteiger partial charge in [0.15, 0.2) is 0 Å². The third kappa shape index (κ3) is 8.21. The first-order valence-corrected chi connectivity index (χ1v) is 6.29. The van der Waals surface area contributed by atoms with Crippen molar-refractivity contribution in [3.8, 4) is 0 Å². The molecule has 4 nitrogen and oxygen atoms in total. The zero-order valence-electron chi connectivity index (χ0n) is 12.2. The molecule has 0 aliphatic carbocycles. The van der Waals surface area contributed by atoms with Gasteiger partial charge in [0.25, 0.3) is 0 Å². The van der Waals surface area contributed by atoms with Crippen molar-refractivity contribution in [2.45, 2.75) is 13.8 Å². The minimum atomic E-state index is -0.944. The summed E-state index contributed by atoms with van der Waals surface area (Å²) < 4.78 is 0. The Balaban J connectivity index is 0.000000567. The van der Waals surface area contributed by atoms with E-state index in [2.05, 4.69) is 13.2 Å². The number of carbonyl (C=O) groups is 2. The Hall–Kier alpha value is -2.62. The second-order valence-electron chi connectivity index (χ2n) is 4.47. The summed E-state index contributed by atoms with van der Waals surface area (Å²) in [6.07, 6.45) is 3.74. The van der Waals surface area contributed by atoms with Crippen molar-refractivity contribution in [1.29, 1.82) is 0 Å². The maximum absolute atomic E-state index is 10.6. The number of hydrogen-bond donors (Lipinski definition) is 2. The molecule has 0 bridgehead atoms. The van der Waals surface area contributed by atoms with E-state index < -0.39 is 11.9 Å². The molecule has 1 unspecified atom stereocenters. The van der Waals surface area contributed by atoms with Crippen LogP contribution in [0.5, 0.6) is 0 Å². The van der Waals surface area contributed by atoms with E-state index >= 15 is 0 Å². The molecule has 4 heteroatoms. The number of benzene rings is 1. The van der Waals surface area contributed by atoms with Crippen molar-refractivity contribution in [2.24, 2.45) is 5.92 Å². The van der Waals surface area contributed by atoms with Crippen LogP contribution in [0.15, 0.2) is 60.7 Å². The number of allylic oxidation sites excluding steroid dienone is 1. The van der Waals surface area contributed by atoms with E-state index in [1.165, 1.54) is 6.92 Å². The van der Waals surface area contributed by atoms with Crippen molar-refractivity contribution in [3.05, 3.63) is 66.3 Å². The topological polar surface area (TPSA) is 74.6 Å². The van der Waals surface area contributed by atoms with Gasteiger partial charge in [-0.2, -0.15) is 0 Å². The van der Waals surface area contributed by atoms with Gasteiger partial charge < -0.3 is 10.2 Å². The minimum absolute atomic E-state index is 0.150. The lowest BCUT2D eigenvalue weighted by Crippen LogP contribution is -2.05. The monoisotopic (exact) mass is 288 g/mol. The van der Waals surface area contributed by atoms with E-state index in [-0.39, 0.29) is 17.1 Å². The summed E-state index contributed by atoms with van der Waals surface area (Å²) in [5, 5.41) is 16.6. The van der Waals surface area contributed by atoms with Crippen LogP contribution < -0.4 is 0 Å². The van der Waals surface area contributed by atoms with Crippen molar-refractivity contribution in [3.63, 3.8) is 0 Å². The second-order valence-corrected chi connectivity index (χ2v) is 4.47. The predicted molar refractivity (Wildman–Crippen MR) is 83.9 cm³/mol. The highest BCUT2D eigenvalue weighted by atomic mass is 16.4. The first kappa shape index (κ1) is 18.4. The Morgan fingerprint density at radius 2 is 1.57 bits per heavy atom. The zero-order chi connectivity index (χ0) is 16.4. The fourth-order valence-corrected chi connectivity index (χ4v) is 1.13. The Labute approximate surface area is 124 Å². The fraction of sp³-hybridized carbons (Fsp3) is 0.176. The molecular formula is C17H20O4. The van der Waals surface area contributed by atoms with Crippen LogP contribution in [0.1, 0.15) is 19.4 Å². The van der Waals surface area contributed by atoms with Gasteiger partial charge in [-0.1, -0.05) is 62.6 Å². The van der Waals surface area contributed by atoms with Gasteiger partial charge in [-0.15, -0.1) is 0 Å². The van der Waals surface area contributed by atoms with Gasteiger partial charge >= 0.3 is 11.9 Å².